The second-order valence-electron chi connectivity index (χ2n) is 3.29. The number of rotatable bonds is 3. The monoisotopic (exact) mass is 219 g/mol. The number of nitrogens with zero attached hydrogens (tertiary/aromatic N) is 1. The van der Waals surface area contributed by atoms with Crippen molar-refractivity contribution in [2.45, 2.75) is 12.3 Å². The fourth-order valence-corrected chi connectivity index (χ4v) is 1.21. The van der Waals surface area contributed by atoms with Crippen LogP contribution in [0.4, 0.5) is 8.78 Å². The van der Waals surface area contributed by atoms with Gasteiger partial charge < -0.3 is 4.74 Å². The van der Waals surface area contributed by atoms with Gasteiger partial charge in [0.2, 0.25) is 0 Å². The Labute approximate surface area is 84.9 Å². The van der Waals surface area contributed by atoms with Crippen molar-refractivity contribution in [3.8, 4) is 5.75 Å². The molecule has 1 aromatic heterocycles. The minimum Gasteiger partial charge on any atom is -0.491 e. The summed E-state index contributed by atoms with van der Waals surface area (Å²) in [5.74, 6) is -2.70. The highest BCUT2D eigenvalue weighted by molar-refractivity contribution is 6.29. The highest BCUT2D eigenvalue weighted by Gasteiger charge is 2.57. The number of aromatic nitrogens is 1. The SMILES string of the molecule is FC1(F)CC1COc1ccc(Cl)nc1. The first kappa shape index (κ1) is 9.65. The molecule has 1 aromatic rings. The predicted octanol–water partition coefficient (Wildman–Crippen LogP) is 2.77. The third-order valence-corrected chi connectivity index (χ3v) is 2.33. The average molecular weight is 220 g/mol. The first-order valence-corrected chi connectivity index (χ1v) is 4.58. The topological polar surface area (TPSA) is 22.1 Å². The van der Waals surface area contributed by atoms with Gasteiger partial charge in [-0.05, 0) is 12.1 Å². The molecule has 0 saturated heterocycles. The lowest BCUT2D eigenvalue weighted by molar-refractivity contribution is 0.0855. The molecule has 0 spiro atoms. The molecule has 76 valence electrons. The third kappa shape index (κ3) is 2.12. The van der Waals surface area contributed by atoms with E-state index in [0.717, 1.165) is 0 Å². The summed E-state index contributed by atoms with van der Waals surface area (Å²) in [6.45, 7) is 0.0380. The van der Waals surface area contributed by atoms with Crippen LogP contribution in [0.1, 0.15) is 6.42 Å². The van der Waals surface area contributed by atoms with E-state index in [4.69, 9.17) is 16.3 Å². The van der Waals surface area contributed by atoms with Crippen molar-refractivity contribution in [2.75, 3.05) is 6.61 Å². The number of halogens is 3. The Morgan fingerprint density at radius 1 is 1.57 bits per heavy atom. The minimum atomic E-state index is -2.53. The van der Waals surface area contributed by atoms with Crippen molar-refractivity contribution >= 4 is 11.6 Å². The molecule has 1 heterocycles. The lowest BCUT2D eigenvalue weighted by Gasteiger charge is -2.04. The van der Waals surface area contributed by atoms with E-state index >= 15 is 0 Å². The summed E-state index contributed by atoms with van der Waals surface area (Å²) in [7, 11) is 0. The Bertz CT molecular complexity index is 328. The molecule has 1 aliphatic rings. The molecule has 14 heavy (non-hydrogen) atoms. The zero-order valence-electron chi connectivity index (χ0n) is 7.21. The Hall–Kier alpha value is -0.900. The maximum absolute atomic E-state index is 12.4. The number of ether oxygens (including phenoxy) is 1. The predicted molar refractivity (Wildman–Crippen MR) is 47.8 cm³/mol. The van der Waals surface area contributed by atoms with Crippen molar-refractivity contribution in [3.05, 3.63) is 23.5 Å². The molecule has 0 radical (unpaired) electrons. The van der Waals surface area contributed by atoms with Crippen molar-refractivity contribution in [2.24, 2.45) is 5.92 Å². The molecular weight excluding hydrogens is 212 g/mol. The van der Waals surface area contributed by atoms with Gasteiger partial charge in [0.25, 0.3) is 5.92 Å². The zero-order valence-corrected chi connectivity index (χ0v) is 7.97. The fourth-order valence-electron chi connectivity index (χ4n) is 1.09. The summed E-state index contributed by atoms with van der Waals surface area (Å²) in [6.07, 6.45) is 1.34. The molecule has 1 aliphatic carbocycles. The van der Waals surface area contributed by atoms with Gasteiger partial charge >= 0.3 is 0 Å². The van der Waals surface area contributed by atoms with Crippen LogP contribution in [0.3, 0.4) is 0 Å². The largest absolute Gasteiger partial charge is 0.491 e. The van der Waals surface area contributed by atoms with Crippen LogP contribution in [-0.4, -0.2) is 17.5 Å². The fraction of sp³-hybridized carbons (Fsp3) is 0.444. The van der Waals surface area contributed by atoms with E-state index in [9.17, 15) is 8.78 Å². The van der Waals surface area contributed by atoms with E-state index in [1.165, 1.54) is 6.20 Å². The van der Waals surface area contributed by atoms with Crippen LogP contribution < -0.4 is 4.74 Å². The molecule has 1 fully saturated rings. The van der Waals surface area contributed by atoms with Crippen LogP contribution in [-0.2, 0) is 0 Å². The maximum atomic E-state index is 12.4. The number of hydrogen-bond donors (Lipinski definition) is 0. The van der Waals surface area contributed by atoms with E-state index in [0.29, 0.717) is 10.9 Å². The lowest BCUT2D eigenvalue weighted by atomic mass is 10.4. The molecular formula is C9H8ClF2NO. The van der Waals surface area contributed by atoms with E-state index in [2.05, 4.69) is 4.98 Å². The Morgan fingerprint density at radius 3 is 2.79 bits per heavy atom. The normalized spacial score (nSPS) is 23.2. The molecule has 0 bridgehead atoms. The van der Waals surface area contributed by atoms with Crippen LogP contribution in [0.15, 0.2) is 18.3 Å². The number of pyridine rings is 1. The van der Waals surface area contributed by atoms with Crippen molar-refractivity contribution < 1.29 is 13.5 Å². The first-order valence-electron chi connectivity index (χ1n) is 4.20. The highest BCUT2D eigenvalue weighted by atomic mass is 35.5. The second-order valence-corrected chi connectivity index (χ2v) is 3.68. The first-order chi connectivity index (χ1) is 6.58. The van der Waals surface area contributed by atoms with Gasteiger partial charge in [-0.2, -0.15) is 0 Å². The Morgan fingerprint density at radius 2 is 2.29 bits per heavy atom. The van der Waals surface area contributed by atoms with Crippen LogP contribution >= 0.6 is 11.6 Å². The van der Waals surface area contributed by atoms with Gasteiger partial charge in [-0.1, -0.05) is 11.6 Å². The lowest BCUT2D eigenvalue weighted by Crippen LogP contribution is -2.05. The molecule has 2 nitrogen and oxygen atoms in total. The standard InChI is InChI=1S/C9H8ClF2NO/c10-8-2-1-7(4-13-8)14-5-6-3-9(6,11)12/h1-2,4,6H,3,5H2. The molecule has 1 atom stereocenters. The Balaban J connectivity index is 1.84. The van der Waals surface area contributed by atoms with Gasteiger partial charge in [0.1, 0.15) is 10.9 Å². The molecule has 0 amide bonds. The van der Waals surface area contributed by atoms with Gasteiger partial charge in [-0.25, -0.2) is 13.8 Å². The van der Waals surface area contributed by atoms with E-state index < -0.39 is 11.8 Å². The van der Waals surface area contributed by atoms with Gasteiger partial charge in [0.15, 0.2) is 0 Å². The van der Waals surface area contributed by atoms with E-state index in [1.807, 2.05) is 0 Å². The van der Waals surface area contributed by atoms with E-state index in [-0.39, 0.29) is 13.0 Å². The van der Waals surface area contributed by atoms with Crippen molar-refractivity contribution in [3.63, 3.8) is 0 Å². The molecule has 0 aliphatic heterocycles. The number of hydrogen-bond acceptors (Lipinski definition) is 2. The highest BCUT2D eigenvalue weighted by Crippen LogP contribution is 2.48. The Kier molecular flexibility index (Phi) is 2.31. The van der Waals surface area contributed by atoms with Crippen molar-refractivity contribution in [1.82, 2.24) is 4.98 Å². The quantitative estimate of drug-likeness (QED) is 0.730. The van der Waals surface area contributed by atoms with Gasteiger partial charge in [-0.15, -0.1) is 0 Å². The summed E-state index contributed by atoms with van der Waals surface area (Å²) in [5.41, 5.74) is 0. The van der Waals surface area contributed by atoms with E-state index in [1.54, 1.807) is 12.1 Å². The molecule has 0 N–H and O–H groups in total. The summed E-state index contributed by atoms with van der Waals surface area (Å²) in [4.78, 5) is 3.77. The smallest absolute Gasteiger partial charge is 0.255 e. The summed E-state index contributed by atoms with van der Waals surface area (Å²) < 4.78 is 30.0. The number of alkyl halides is 2. The van der Waals surface area contributed by atoms with Gasteiger partial charge in [0.05, 0.1) is 18.7 Å². The average Bonchev–Trinajstić information content (AvgIpc) is 2.73. The van der Waals surface area contributed by atoms with Gasteiger partial charge in [0, 0.05) is 6.42 Å². The molecule has 1 unspecified atom stereocenters. The van der Waals surface area contributed by atoms with Crippen LogP contribution in [0, 0.1) is 5.92 Å². The van der Waals surface area contributed by atoms with Gasteiger partial charge in [-0.3, -0.25) is 0 Å². The van der Waals surface area contributed by atoms with Crippen LogP contribution in [0.25, 0.3) is 0 Å². The minimum absolute atomic E-state index is 0.0380. The zero-order chi connectivity index (χ0) is 10.2. The van der Waals surface area contributed by atoms with Crippen LogP contribution in [0.2, 0.25) is 5.15 Å². The third-order valence-electron chi connectivity index (χ3n) is 2.11. The van der Waals surface area contributed by atoms with Crippen LogP contribution in [0.5, 0.6) is 5.75 Å². The van der Waals surface area contributed by atoms with Crippen molar-refractivity contribution in [1.29, 1.82) is 0 Å². The summed E-state index contributed by atoms with van der Waals surface area (Å²) in [6, 6.07) is 3.16. The summed E-state index contributed by atoms with van der Waals surface area (Å²) >= 11 is 5.55. The molecule has 5 heteroatoms. The molecule has 2 rings (SSSR count). The molecule has 1 saturated carbocycles. The summed E-state index contributed by atoms with van der Waals surface area (Å²) in [5, 5.41) is 0.356. The maximum Gasteiger partial charge on any atom is 0.255 e. The second kappa shape index (κ2) is 3.35. The molecule has 0 aromatic carbocycles.